The highest BCUT2D eigenvalue weighted by molar-refractivity contribution is 5.26. The molecule has 0 amide bonds. The molecule has 0 unspecified atom stereocenters. The Morgan fingerprint density at radius 1 is 1.33 bits per heavy atom. The molecule has 1 aromatic heterocycles. The number of aromatic nitrogens is 2. The van der Waals surface area contributed by atoms with Crippen molar-refractivity contribution in [3.05, 3.63) is 53.6 Å². The van der Waals surface area contributed by atoms with Gasteiger partial charge in [0.25, 0.3) is 0 Å². The molecule has 3 heteroatoms. The Labute approximate surface area is 89.6 Å². The lowest BCUT2D eigenvalue weighted by atomic mass is 10.1. The maximum absolute atomic E-state index is 5.63. The van der Waals surface area contributed by atoms with Crippen LogP contribution in [0.3, 0.4) is 0 Å². The molecule has 2 N–H and O–H groups in total. The summed E-state index contributed by atoms with van der Waals surface area (Å²) in [7, 11) is 0. The molecule has 0 spiro atoms. The van der Waals surface area contributed by atoms with Crippen LogP contribution in [-0.4, -0.2) is 9.55 Å². The molecule has 78 valence electrons. The molecule has 0 atom stereocenters. The summed E-state index contributed by atoms with van der Waals surface area (Å²) in [5.74, 6) is 0. The van der Waals surface area contributed by atoms with Gasteiger partial charge < -0.3 is 10.3 Å². The minimum Gasteiger partial charge on any atom is -0.329 e. The van der Waals surface area contributed by atoms with E-state index in [-0.39, 0.29) is 0 Å². The summed E-state index contributed by atoms with van der Waals surface area (Å²) in [4.78, 5) is 4.10. The number of rotatable bonds is 3. The average molecular weight is 201 g/mol. The van der Waals surface area contributed by atoms with Gasteiger partial charge in [-0.05, 0) is 18.1 Å². The van der Waals surface area contributed by atoms with Crippen LogP contribution >= 0.6 is 0 Å². The Kier molecular flexibility index (Phi) is 2.83. The normalized spacial score (nSPS) is 10.5. The van der Waals surface area contributed by atoms with Crippen molar-refractivity contribution in [1.82, 2.24) is 9.55 Å². The van der Waals surface area contributed by atoms with Crippen LogP contribution in [0, 0.1) is 6.92 Å². The van der Waals surface area contributed by atoms with Gasteiger partial charge in [-0.3, -0.25) is 0 Å². The second-order valence-corrected chi connectivity index (χ2v) is 3.64. The third-order valence-electron chi connectivity index (χ3n) is 2.61. The van der Waals surface area contributed by atoms with Gasteiger partial charge in [0, 0.05) is 19.3 Å². The van der Waals surface area contributed by atoms with Crippen LogP contribution in [0.2, 0.25) is 0 Å². The SMILES string of the molecule is Cc1ccccc1Cn1cncc1CN. The van der Waals surface area contributed by atoms with Gasteiger partial charge in [0.1, 0.15) is 0 Å². The third kappa shape index (κ3) is 2.07. The van der Waals surface area contributed by atoms with Crippen LogP contribution in [0.1, 0.15) is 16.8 Å². The minimum atomic E-state index is 0.534. The predicted octanol–water partition coefficient (Wildman–Crippen LogP) is 1.70. The summed E-state index contributed by atoms with van der Waals surface area (Å²) >= 11 is 0. The molecule has 1 heterocycles. The second-order valence-electron chi connectivity index (χ2n) is 3.64. The highest BCUT2D eigenvalue weighted by Crippen LogP contribution is 2.10. The molecule has 2 aromatic rings. The fraction of sp³-hybridized carbons (Fsp3) is 0.250. The summed E-state index contributed by atoms with van der Waals surface area (Å²) < 4.78 is 2.09. The predicted molar refractivity (Wildman–Crippen MR) is 60.4 cm³/mol. The Morgan fingerprint density at radius 2 is 2.13 bits per heavy atom. The number of benzene rings is 1. The Morgan fingerprint density at radius 3 is 2.87 bits per heavy atom. The van der Waals surface area contributed by atoms with E-state index >= 15 is 0 Å². The van der Waals surface area contributed by atoms with E-state index in [1.807, 2.05) is 12.5 Å². The van der Waals surface area contributed by atoms with Crippen molar-refractivity contribution >= 4 is 0 Å². The molecule has 0 aliphatic carbocycles. The van der Waals surface area contributed by atoms with Gasteiger partial charge in [-0.1, -0.05) is 24.3 Å². The maximum Gasteiger partial charge on any atom is 0.0951 e. The number of nitrogens with zero attached hydrogens (tertiary/aromatic N) is 2. The van der Waals surface area contributed by atoms with Crippen LogP contribution < -0.4 is 5.73 Å². The van der Waals surface area contributed by atoms with E-state index in [0.29, 0.717) is 6.54 Å². The zero-order valence-corrected chi connectivity index (χ0v) is 8.85. The zero-order chi connectivity index (χ0) is 10.7. The number of imidazole rings is 1. The minimum absolute atomic E-state index is 0.534. The topological polar surface area (TPSA) is 43.8 Å². The highest BCUT2D eigenvalue weighted by Gasteiger charge is 2.02. The summed E-state index contributed by atoms with van der Waals surface area (Å²) in [6.45, 7) is 3.50. The standard InChI is InChI=1S/C12H15N3/c1-10-4-2-3-5-11(10)8-15-9-14-7-12(15)6-13/h2-5,7,9H,6,8,13H2,1H3. The maximum atomic E-state index is 5.63. The van der Waals surface area contributed by atoms with Gasteiger partial charge in [-0.15, -0.1) is 0 Å². The molecule has 0 aliphatic heterocycles. The first-order valence-corrected chi connectivity index (χ1v) is 5.05. The largest absolute Gasteiger partial charge is 0.329 e. The zero-order valence-electron chi connectivity index (χ0n) is 8.85. The fourth-order valence-corrected chi connectivity index (χ4v) is 1.63. The van der Waals surface area contributed by atoms with Crippen molar-refractivity contribution in [1.29, 1.82) is 0 Å². The van der Waals surface area contributed by atoms with E-state index in [4.69, 9.17) is 5.73 Å². The van der Waals surface area contributed by atoms with Crippen LogP contribution in [0.4, 0.5) is 0 Å². The van der Waals surface area contributed by atoms with Gasteiger partial charge >= 0.3 is 0 Å². The van der Waals surface area contributed by atoms with Crippen molar-refractivity contribution in [3.63, 3.8) is 0 Å². The molecule has 0 bridgehead atoms. The molecule has 3 nitrogen and oxygen atoms in total. The second kappa shape index (κ2) is 4.28. The smallest absolute Gasteiger partial charge is 0.0951 e. The van der Waals surface area contributed by atoms with Gasteiger partial charge in [0.2, 0.25) is 0 Å². The van der Waals surface area contributed by atoms with Crippen LogP contribution in [0.15, 0.2) is 36.8 Å². The first-order valence-electron chi connectivity index (χ1n) is 5.05. The van der Waals surface area contributed by atoms with E-state index in [0.717, 1.165) is 12.2 Å². The molecule has 2 rings (SSSR count). The molecule has 0 fully saturated rings. The van der Waals surface area contributed by atoms with Crippen molar-refractivity contribution < 1.29 is 0 Å². The van der Waals surface area contributed by atoms with Gasteiger partial charge in [0.15, 0.2) is 0 Å². The van der Waals surface area contributed by atoms with Crippen LogP contribution in [0.5, 0.6) is 0 Å². The van der Waals surface area contributed by atoms with Crippen molar-refractivity contribution in [2.24, 2.45) is 5.73 Å². The van der Waals surface area contributed by atoms with E-state index in [9.17, 15) is 0 Å². The van der Waals surface area contributed by atoms with Crippen molar-refractivity contribution in [3.8, 4) is 0 Å². The average Bonchev–Trinajstić information content (AvgIpc) is 2.69. The summed E-state index contributed by atoms with van der Waals surface area (Å²) in [5.41, 5.74) is 9.30. The number of aryl methyl sites for hydroxylation is 1. The number of hydrogen-bond donors (Lipinski definition) is 1. The third-order valence-corrected chi connectivity index (χ3v) is 2.61. The lowest BCUT2D eigenvalue weighted by molar-refractivity contribution is 0.736. The van der Waals surface area contributed by atoms with Gasteiger partial charge in [-0.2, -0.15) is 0 Å². The molecular weight excluding hydrogens is 186 g/mol. The molecule has 1 aromatic carbocycles. The van der Waals surface area contributed by atoms with Crippen LogP contribution in [-0.2, 0) is 13.1 Å². The van der Waals surface area contributed by atoms with E-state index in [2.05, 4.69) is 40.7 Å². The van der Waals surface area contributed by atoms with Crippen molar-refractivity contribution in [2.45, 2.75) is 20.0 Å². The van der Waals surface area contributed by atoms with E-state index in [1.54, 1.807) is 0 Å². The lowest BCUT2D eigenvalue weighted by Crippen LogP contribution is -2.08. The molecular formula is C12H15N3. The van der Waals surface area contributed by atoms with Crippen molar-refractivity contribution in [2.75, 3.05) is 0 Å². The van der Waals surface area contributed by atoms with E-state index < -0.39 is 0 Å². The first-order chi connectivity index (χ1) is 7.31. The first kappa shape index (κ1) is 9.93. The fourth-order valence-electron chi connectivity index (χ4n) is 1.63. The summed E-state index contributed by atoms with van der Waals surface area (Å²) in [6, 6.07) is 8.36. The summed E-state index contributed by atoms with van der Waals surface area (Å²) in [5, 5.41) is 0. The molecule has 0 aliphatic rings. The quantitative estimate of drug-likeness (QED) is 0.821. The Hall–Kier alpha value is -1.61. The van der Waals surface area contributed by atoms with E-state index in [1.165, 1.54) is 11.1 Å². The molecule has 0 saturated carbocycles. The Balaban J connectivity index is 2.26. The van der Waals surface area contributed by atoms with Gasteiger partial charge in [-0.25, -0.2) is 4.98 Å². The molecule has 0 saturated heterocycles. The molecule has 15 heavy (non-hydrogen) atoms. The number of nitrogens with two attached hydrogens (primary N) is 1. The monoisotopic (exact) mass is 201 g/mol. The number of hydrogen-bond acceptors (Lipinski definition) is 2. The summed E-state index contributed by atoms with van der Waals surface area (Å²) in [6.07, 6.45) is 3.65. The molecule has 0 radical (unpaired) electrons. The highest BCUT2D eigenvalue weighted by atomic mass is 15.0. The lowest BCUT2D eigenvalue weighted by Gasteiger charge is -2.08. The van der Waals surface area contributed by atoms with Gasteiger partial charge in [0.05, 0.1) is 12.0 Å². The Bertz CT molecular complexity index is 446. The van der Waals surface area contributed by atoms with Crippen LogP contribution in [0.25, 0.3) is 0 Å².